The second kappa shape index (κ2) is 27.2. The number of hydrogen-bond donors (Lipinski definition) is 2. The Morgan fingerprint density at radius 2 is 1.31 bits per heavy atom. The second-order valence-corrected chi connectivity index (χ2v) is 10.5. The van der Waals surface area contributed by atoms with E-state index >= 15 is 0 Å². The molecule has 0 saturated heterocycles. The fourth-order valence-corrected chi connectivity index (χ4v) is 4.65. The van der Waals surface area contributed by atoms with Crippen molar-refractivity contribution >= 4 is 6.16 Å². The van der Waals surface area contributed by atoms with Crippen molar-refractivity contribution in [2.24, 2.45) is 5.92 Å². The highest BCUT2D eigenvalue weighted by Gasteiger charge is 2.14. The van der Waals surface area contributed by atoms with Crippen LogP contribution in [0, 0.1) is 5.92 Å². The molecule has 0 saturated carbocycles. The van der Waals surface area contributed by atoms with Crippen molar-refractivity contribution in [1.82, 2.24) is 4.90 Å². The summed E-state index contributed by atoms with van der Waals surface area (Å²) >= 11 is 0. The van der Waals surface area contributed by atoms with Crippen LogP contribution in [0.15, 0.2) is 0 Å². The molecule has 0 aromatic rings. The normalized spacial score (nSPS) is 13.2. The van der Waals surface area contributed by atoms with E-state index in [0.717, 1.165) is 45.2 Å². The van der Waals surface area contributed by atoms with Gasteiger partial charge < -0.3 is 24.6 Å². The smallest absolute Gasteiger partial charge is 0.434 e. The lowest BCUT2D eigenvalue weighted by Crippen LogP contribution is -2.33. The summed E-state index contributed by atoms with van der Waals surface area (Å²) in [4.78, 5) is 14.4. The Morgan fingerprint density at radius 3 is 1.89 bits per heavy atom. The lowest BCUT2D eigenvalue weighted by atomic mass is 9.95. The molecule has 2 atom stereocenters. The van der Waals surface area contributed by atoms with Gasteiger partial charge in [-0.25, -0.2) is 4.79 Å². The van der Waals surface area contributed by atoms with E-state index in [0.29, 0.717) is 31.9 Å². The summed E-state index contributed by atoms with van der Waals surface area (Å²) in [6.07, 6.45) is 19.5. The van der Waals surface area contributed by atoms with Crippen molar-refractivity contribution < 1.29 is 24.5 Å². The molecule has 0 bridgehead atoms. The largest absolute Gasteiger partial charge is 0.508 e. The van der Waals surface area contributed by atoms with Crippen LogP contribution >= 0.6 is 0 Å². The number of aliphatic hydroxyl groups excluding tert-OH is 2. The molecule has 0 heterocycles. The number of nitrogens with zero attached hydrogens (tertiary/aromatic N) is 1. The van der Waals surface area contributed by atoms with Crippen LogP contribution in [0.25, 0.3) is 0 Å². The first-order valence-corrected chi connectivity index (χ1v) is 15.4. The molecule has 0 fully saturated rings. The topological polar surface area (TPSA) is 79.2 Å². The van der Waals surface area contributed by atoms with Gasteiger partial charge in [-0.3, -0.25) is 0 Å². The zero-order chi connectivity index (χ0) is 26.7. The molecule has 0 radical (unpaired) electrons. The molecule has 216 valence electrons. The maximum absolute atomic E-state index is 12.1. The zero-order valence-electron chi connectivity index (χ0n) is 24.2. The Morgan fingerprint density at radius 1 is 0.722 bits per heavy atom. The van der Waals surface area contributed by atoms with Crippen molar-refractivity contribution in [3.05, 3.63) is 0 Å². The first-order valence-electron chi connectivity index (χ1n) is 15.4. The van der Waals surface area contributed by atoms with Crippen LogP contribution < -0.4 is 0 Å². The third-order valence-electron chi connectivity index (χ3n) is 7.07. The lowest BCUT2D eigenvalue weighted by Gasteiger charge is -2.23. The molecular formula is C30H61NO5. The Hall–Kier alpha value is -0.850. The number of hydrogen-bond acceptors (Lipinski definition) is 6. The molecule has 0 rings (SSSR count). The molecule has 0 aliphatic carbocycles. The van der Waals surface area contributed by atoms with Gasteiger partial charge in [-0.15, -0.1) is 0 Å². The number of unbranched alkanes of at least 4 members (excludes halogenated alkanes) is 11. The molecule has 0 spiro atoms. The quantitative estimate of drug-likeness (QED) is 0.0871. The van der Waals surface area contributed by atoms with E-state index in [2.05, 4.69) is 25.7 Å². The Bertz CT molecular complexity index is 463. The molecule has 6 nitrogen and oxygen atoms in total. The summed E-state index contributed by atoms with van der Waals surface area (Å²) in [7, 11) is 0. The van der Waals surface area contributed by atoms with Gasteiger partial charge in [0.2, 0.25) is 0 Å². The maximum atomic E-state index is 12.1. The van der Waals surface area contributed by atoms with Crippen molar-refractivity contribution in [3.8, 4) is 0 Å². The van der Waals surface area contributed by atoms with E-state index in [9.17, 15) is 9.90 Å². The first-order chi connectivity index (χ1) is 17.6. The predicted molar refractivity (Wildman–Crippen MR) is 150 cm³/mol. The van der Waals surface area contributed by atoms with Crippen molar-refractivity contribution in [2.45, 2.75) is 142 Å². The molecular weight excluding hydrogens is 454 g/mol. The molecule has 0 aromatic carbocycles. The molecule has 2 unspecified atom stereocenters. The third kappa shape index (κ3) is 23.5. The molecule has 2 N–H and O–H groups in total. The van der Waals surface area contributed by atoms with Gasteiger partial charge in [-0.1, -0.05) is 91.4 Å². The van der Waals surface area contributed by atoms with Crippen LogP contribution in [0.4, 0.5) is 4.79 Å². The minimum absolute atomic E-state index is 0.246. The van der Waals surface area contributed by atoms with Gasteiger partial charge in [0.05, 0.1) is 19.3 Å². The molecule has 0 aromatic heterocycles. The van der Waals surface area contributed by atoms with E-state index in [1.165, 1.54) is 70.6 Å². The zero-order valence-corrected chi connectivity index (χ0v) is 24.2. The van der Waals surface area contributed by atoms with Crippen LogP contribution in [0.3, 0.4) is 0 Å². The van der Waals surface area contributed by atoms with Gasteiger partial charge in [0.25, 0.3) is 0 Å². The van der Waals surface area contributed by atoms with Crippen molar-refractivity contribution in [2.75, 3.05) is 39.5 Å². The van der Waals surface area contributed by atoms with E-state index in [4.69, 9.17) is 14.6 Å². The Labute approximate surface area is 223 Å². The predicted octanol–water partition coefficient (Wildman–Crippen LogP) is 7.49. The highest BCUT2D eigenvalue weighted by Crippen LogP contribution is 2.20. The van der Waals surface area contributed by atoms with Crippen LogP contribution in [-0.2, 0) is 9.47 Å². The minimum Gasteiger partial charge on any atom is -0.434 e. The second-order valence-electron chi connectivity index (χ2n) is 10.5. The van der Waals surface area contributed by atoms with Crippen LogP contribution in [0.5, 0.6) is 0 Å². The summed E-state index contributed by atoms with van der Waals surface area (Å²) in [5.41, 5.74) is 0. The summed E-state index contributed by atoms with van der Waals surface area (Å²) in [5, 5.41) is 19.2. The van der Waals surface area contributed by atoms with Gasteiger partial charge in [0.1, 0.15) is 0 Å². The van der Waals surface area contributed by atoms with E-state index in [-0.39, 0.29) is 13.2 Å². The van der Waals surface area contributed by atoms with Crippen LogP contribution in [0.1, 0.15) is 136 Å². The average molecular weight is 516 g/mol. The summed E-state index contributed by atoms with van der Waals surface area (Å²) in [6, 6.07) is 0. The maximum Gasteiger partial charge on any atom is 0.508 e. The van der Waals surface area contributed by atoms with Gasteiger partial charge >= 0.3 is 6.16 Å². The number of likely N-dealkylation sites (N-methyl/N-ethyl adjacent to an activating group) is 1. The summed E-state index contributed by atoms with van der Waals surface area (Å²) in [6.45, 7) is 10.1. The van der Waals surface area contributed by atoms with Gasteiger partial charge in [-0.2, -0.15) is 0 Å². The molecule has 0 amide bonds. The van der Waals surface area contributed by atoms with Gasteiger partial charge in [0.15, 0.2) is 0 Å². The SMILES string of the molecule is CCCCCCCCC(CCCCCCC)COC(=O)OCCCC(O)CN(CC)CCCCCO. The number of carbonyl (C=O) groups excluding carboxylic acids is 1. The van der Waals surface area contributed by atoms with Crippen LogP contribution in [0.2, 0.25) is 0 Å². The van der Waals surface area contributed by atoms with Crippen molar-refractivity contribution in [3.63, 3.8) is 0 Å². The van der Waals surface area contributed by atoms with E-state index in [1.54, 1.807) is 0 Å². The average Bonchev–Trinajstić information content (AvgIpc) is 2.88. The van der Waals surface area contributed by atoms with Crippen LogP contribution in [-0.4, -0.2) is 66.8 Å². The lowest BCUT2D eigenvalue weighted by molar-refractivity contribution is 0.0362. The van der Waals surface area contributed by atoms with Gasteiger partial charge in [-0.05, 0) is 64.0 Å². The van der Waals surface area contributed by atoms with Crippen molar-refractivity contribution in [1.29, 1.82) is 0 Å². The summed E-state index contributed by atoms with van der Waals surface area (Å²) < 4.78 is 10.8. The van der Waals surface area contributed by atoms with E-state index in [1.807, 2.05) is 0 Å². The molecule has 6 heteroatoms. The minimum atomic E-state index is -0.567. The number of carbonyl (C=O) groups is 1. The Kier molecular flexibility index (Phi) is 26.5. The highest BCUT2D eigenvalue weighted by atomic mass is 16.7. The number of rotatable bonds is 27. The standard InChI is InChI=1S/C30H61NO5/c1-4-7-9-11-13-16-21-28(20-15-12-10-8-5-2)27-36-30(34)35-25-19-22-29(33)26-31(6-3)23-17-14-18-24-32/h28-29,32-33H,4-27H2,1-3H3. The molecule has 0 aliphatic rings. The molecule has 36 heavy (non-hydrogen) atoms. The van der Waals surface area contributed by atoms with Gasteiger partial charge in [0, 0.05) is 13.2 Å². The summed E-state index contributed by atoms with van der Waals surface area (Å²) in [5.74, 6) is 0.435. The first kappa shape index (κ1) is 35.2. The van der Waals surface area contributed by atoms with E-state index < -0.39 is 12.3 Å². The fourth-order valence-electron chi connectivity index (χ4n) is 4.65. The fraction of sp³-hybridized carbons (Fsp3) is 0.967. The number of aliphatic hydroxyl groups is 2. The monoisotopic (exact) mass is 515 g/mol. The number of ether oxygens (including phenoxy) is 2. The Balaban J connectivity index is 4.10. The highest BCUT2D eigenvalue weighted by molar-refractivity contribution is 5.59. The molecule has 0 aliphatic heterocycles. The third-order valence-corrected chi connectivity index (χ3v) is 7.07.